The van der Waals surface area contributed by atoms with Crippen LogP contribution in [-0.2, 0) is 0 Å². The van der Waals surface area contributed by atoms with Crippen molar-refractivity contribution < 1.29 is 43.9 Å². The predicted octanol–water partition coefficient (Wildman–Crippen LogP) is 6.79. The van der Waals surface area contributed by atoms with Crippen LogP contribution in [0.1, 0.15) is 52.9 Å². The van der Waals surface area contributed by atoms with Gasteiger partial charge in [-0.25, -0.2) is 0 Å². The second-order valence-electron chi connectivity index (χ2n) is 5.98. The fraction of sp³-hybridized carbons (Fsp3) is 1.00. The minimum absolute atomic E-state index is 0.00736. The first kappa shape index (κ1) is 23.3. The zero-order chi connectivity index (χ0) is 19.6. The Morgan fingerprint density at radius 2 is 1.12 bits per heavy atom. The first-order valence-corrected chi connectivity index (χ1v) is 7.37. The van der Waals surface area contributed by atoms with Crippen LogP contribution in [0.4, 0.5) is 43.9 Å². The number of rotatable bonds is 10. The maximum Gasteiger partial charge on any atom is 0.384 e. The molecule has 24 heavy (non-hydrogen) atoms. The standard InChI is InChI=1S/C14H20F10/c1-4-5-6-7-8-9(2)11(17,18)13(21,22)14(23,24)12(19,20)10(3,15)16/h9H,4-8H2,1-3H3. The van der Waals surface area contributed by atoms with Crippen molar-refractivity contribution in [2.24, 2.45) is 5.92 Å². The lowest BCUT2D eigenvalue weighted by Crippen LogP contribution is -2.67. The molecule has 0 bridgehead atoms. The number of unbranched alkanes of at least 4 members (excludes halogenated alkanes) is 3. The summed E-state index contributed by atoms with van der Waals surface area (Å²) in [5.41, 5.74) is 0. The van der Waals surface area contributed by atoms with Gasteiger partial charge in [-0.1, -0.05) is 39.5 Å². The number of halogens is 10. The molecule has 0 aromatic heterocycles. The van der Waals surface area contributed by atoms with Gasteiger partial charge in [-0.15, -0.1) is 0 Å². The van der Waals surface area contributed by atoms with Crippen LogP contribution >= 0.6 is 0 Å². The second-order valence-corrected chi connectivity index (χ2v) is 5.98. The van der Waals surface area contributed by atoms with E-state index in [9.17, 15) is 43.9 Å². The van der Waals surface area contributed by atoms with E-state index in [2.05, 4.69) is 0 Å². The predicted molar refractivity (Wildman–Crippen MR) is 68.3 cm³/mol. The molecule has 0 aromatic carbocycles. The molecule has 0 aliphatic carbocycles. The summed E-state index contributed by atoms with van der Waals surface area (Å²) >= 11 is 0. The van der Waals surface area contributed by atoms with Gasteiger partial charge in [0.1, 0.15) is 0 Å². The third kappa shape index (κ3) is 3.92. The van der Waals surface area contributed by atoms with E-state index in [1.54, 1.807) is 6.92 Å². The van der Waals surface area contributed by atoms with Crippen molar-refractivity contribution >= 4 is 0 Å². The van der Waals surface area contributed by atoms with Crippen molar-refractivity contribution in [2.45, 2.75) is 82.5 Å². The number of hydrogen-bond acceptors (Lipinski definition) is 0. The van der Waals surface area contributed by atoms with Crippen LogP contribution in [0, 0.1) is 5.92 Å². The molecule has 0 aliphatic heterocycles. The quantitative estimate of drug-likeness (QED) is 0.290. The van der Waals surface area contributed by atoms with Crippen LogP contribution in [0.2, 0.25) is 0 Å². The summed E-state index contributed by atoms with van der Waals surface area (Å²) < 4.78 is 132. The van der Waals surface area contributed by atoms with E-state index >= 15 is 0 Å². The van der Waals surface area contributed by atoms with Gasteiger partial charge in [0.05, 0.1) is 0 Å². The molecule has 0 spiro atoms. The minimum Gasteiger partial charge on any atom is -0.200 e. The molecule has 146 valence electrons. The summed E-state index contributed by atoms with van der Waals surface area (Å²) in [6.45, 7) is 1.54. The molecular formula is C14H20F10. The van der Waals surface area contributed by atoms with Gasteiger partial charge in [0.2, 0.25) is 0 Å². The molecule has 0 heterocycles. The van der Waals surface area contributed by atoms with E-state index < -0.39 is 48.9 Å². The van der Waals surface area contributed by atoms with Gasteiger partial charge in [-0.05, 0) is 6.42 Å². The molecule has 1 unspecified atom stereocenters. The Labute approximate surface area is 133 Å². The maximum absolute atomic E-state index is 13.7. The minimum atomic E-state index is -6.93. The van der Waals surface area contributed by atoms with Crippen LogP contribution in [0.25, 0.3) is 0 Å². The Morgan fingerprint density at radius 1 is 0.667 bits per heavy atom. The Hall–Kier alpha value is -0.700. The van der Waals surface area contributed by atoms with E-state index in [0.717, 1.165) is 0 Å². The summed E-state index contributed by atoms with van der Waals surface area (Å²) in [5, 5.41) is 0. The second kappa shape index (κ2) is 7.27. The average molecular weight is 378 g/mol. The Kier molecular flexibility index (Phi) is 7.06. The lowest BCUT2D eigenvalue weighted by Gasteiger charge is -2.40. The molecule has 0 saturated carbocycles. The first-order valence-electron chi connectivity index (χ1n) is 7.37. The fourth-order valence-electron chi connectivity index (χ4n) is 2.05. The first-order chi connectivity index (χ1) is 10.5. The molecule has 0 saturated heterocycles. The summed E-state index contributed by atoms with van der Waals surface area (Å²) in [4.78, 5) is 0. The highest BCUT2D eigenvalue weighted by atomic mass is 19.4. The van der Waals surface area contributed by atoms with Crippen molar-refractivity contribution in [1.82, 2.24) is 0 Å². The molecule has 1 atom stereocenters. The van der Waals surface area contributed by atoms with Gasteiger partial charge in [-0.2, -0.15) is 43.9 Å². The van der Waals surface area contributed by atoms with E-state index in [1.807, 2.05) is 0 Å². The van der Waals surface area contributed by atoms with Crippen LogP contribution in [0.5, 0.6) is 0 Å². The molecule has 0 aromatic rings. The molecule has 0 N–H and O–H groups in total. The molecule has 0 radical (unpaired) electrons. The summed E-state index contributed by atoms with van der Waals surface area (Å²) in [6.07, 6.45) is 1.00. The highest BCUT2D eigenvalue weighted by Gasteiger charge is 2.85. The van der Waals surface area contributed by atoms with Crippen molar-refractivity contribution in [1.29, 1.82) is 0 Å². The van der Waals surface area contributed by atoms with Gasteiger partial charge >= 0.3 is 29.6 Å². The lowest BCUT2D eigenvalue weighted by atomic mass is 9.86. The zero-order valence-corrected chi connectivity index (χ0v) is 13.4. The monoisotopic (exact) mass is 378 g/mol. The Balaban J connectivity index is 5.52. The van der Waals surface area contributed by atoms with Crippen LogP contribution in [-0.4, -0.2) is 29.6 Å². The van der Waals surface area contributed by atoms with E-state index in [-0.39, 0.29) is 6.42 Å². The smallest absolute Gasteiger partial charge is 0.200 e. The molecular weight excluding hydrogens is 358 g/mol. The molecule has 0 aliphatic rings. The fourth-order valence-corrected chi connectivity index (χ4v) is 2.05. The number of hydrogen-bond donors (Lipinski definition) is 0. The van der Waals surface area contributed by atoms with Crippen LogP contribution < -0.4 is 0 Å². The zero-order valence-electron chi connectivity index (χ0n) is 13.4. The molecule has 0 amide bonds. The number of alkyl halides is 10. The van der Waals surface area contributed by atoms with E-state index in [0.29, 0.717) is 26.2 Å². The van der Waals surface area contributed by atoms with Gasteiger partial charge in [-0.3, -0.25) is 0 Å². The van der Waals surface area contributed by atoms with Crippen molar-refractivity contribution in [3.05, 3.63) is 0 Å². The summed E-state index contributed by atoms with van der Waals surface area (Å²) in [5.74, 6) is -33.8. The topological polar surface area (TPSA) is 0 Å². The summed E-state index contributed by atoms with van der Waals surface area (Å²) in [7, 11) is 0. The Morgan fingerprint density at radius 3 is 1.50 bits per heavy atom. The van der Waals surface area contributed by atoms with Crippen molar-refractivity contribution in [3.8, 4) is 0 Å². The van der Waals surface area contributed by atoms with E-state index in [4.69, 9.17) is 0 Å². The normalized spacial score (nSPS) is 16.4. The SMILES string of the molecule is CCCCCCC(C)C(F)(F)C(F)(F)C(F)(F)C(F)(F)C(C)(F)F. The maximum atomic E-state index is 13.7. The van der Waals surface area contributed by atoms with Crippen molar-refractivity contribution in [2.75, 3.05) is 0 Å². The van der Waals surface area contributed by atoms with Crippen LogP contribution in [0.15, 0.2) is 0 Å². The van der Waals surface area contributed by atoms with E-state index in [1.165, 1.54) is 0 Å². The summed E-state index contributed by atoms with van der Waals surface area (Å²) in [6, 6.07) is 0. The largest absolute Gasteiger partial charge is 0.384 e. The molecule has 0 fully saturated rings. The van der Waals surface area contributed by atoms with Gasteiger partial charge in [0, 0.05) is 12.8 Å². The third-order valence-electron chi connectivity index (χ3n) is 3.87. The molecule has 10 heteroatoms. The highest BCUT2D eigenvalue weighted by Crippen LogP contribution is 2.58. The van der Waals surface area contributed by atoms with Crippen LogP contribution in [0.3, 0.4) is 0 Å². The highest BCUT2D eigenvalue weighted by molar-refractivity contribution is 5.08. The molecule has 0 rings (SSSR count). The van der Waals surface area contributed by atoms with Gasteiger partial charge in [0.15, 0.2) is 0 Å². The molecule has 0 nitrogen and oxygen atoms in total. The van der Waals surface area contributed by atoms with Gasteiger partial charge < -0.3 is 0 Å². The van der Waals surface area contributed by atoms with Gasteiger partial charge in [0.25, 0.3) is 0 Å². The third-order valence-corrected chi connectivity index (χ3v) is 3.87. The average Bonchev–Trinajstić information content (AvgIpc) is 2.41. The van der Waals surface area contributed by atoms with Crippen molar-refractivity contribution in [3.63, 3.8) is 0 Å². The Bertz CT molecular complexity index is 397. The lowest BCUT2D eigenvalue weighted by molar-refractivity contribution is -0.404.